The highest BCUT2D eigenvalue weighted by molar-refractivity contribution is 4.83. The van der Waals surface area contributed by atoms with Crippen molar-refractivity contribution >= 4 is 0 Å². The van der Waals surface area contributed by atoms with Gasteiger partial charge in [0.2, 0.25) is 0 Å². The molecule has 1 aliphatic heterocycles. The van der Waals surface area contributed by atoms with Crippen LogP contribution in [0.3, 0.4) is 0 Å². The molecule has 2 N–H and O–H groups in total. The number of likely N-dealkylation sites (N-methyl/N-ethyl adjacent to an activating group) is 1. The minimum Gasteiger partial charge on any atom is -0.394 e. The first kappa shape index (κ1) is 14.9. The molecule has 102 valence electrons. The van der Waals surface area contributed by atoms with Gasteiger partial charge in [-0.2, -0.15) is 0 Å². The maximum atomic E-state index is 9.43. The van der Waals surface area contributed by atoms with E-state index >= 15 is 0 Å². The van der Waals surface area contributed by atoms with Crippen LogP contribution in [0.15, 0.2) is 0 Å². The van der Waals surface area contributed by atoms with Crippen LogP contribution < -0.4 is 5.32 Å². The van der Waals surface area contributed by atoms with Crippen molar-refractivity contribution in [2.24, 2.45) is 0 Å². The van der Waals surface area contributed by atoms with E-state index in [-0.39, 0.29) is 12.1 Å². The fraction of sp³-hybridized carbons (Fsp3) is 1.00. The van der Waals surface area contributed by atoms with Crippen molar-refractivity contribution in [3.63, 3.8) is 0 Å². The first-order chi connectivity index (χ1) is 8.15. The molecule has 1 aliphatic rings. The van der Waals surface area contributed by atoms with Gasteiger partial charge in [-0.3, -0.25) is 0 Å². The van der Waals surface area contributed by atoms with Crippen LogP contribution in [0.4, 0.5) is 0 Å². The summed E-state index contributed by atoms with van der Waals surface area (Å²) >= 11 is 0. The molecule has 17 heavy (non-hydrogen) atoms. The average Bonchev–Trinajstić information content (AvgIpc) is 2.77. The van der Waals surface area contributed by atoms with E-state index in [4.69, 9.17) is 0 Å². The second kappa shape index (κ2) is 7.34. The van der Waals surface area contributed by atoms with E-state index in [0.717, 1.165) is 19.0 Å². The molecular weight excluding hydrogens is 212 g/mol. The van der Waals surface area contributed by atoms with Gasteiger partial charge in [-0.05, 0) is 58.7 Å². The Morgan fingerprint density at radius 2 is 2.18 bits per heavy atom. The normalized spacial score (nSPS) is 25.1. The summed E-state index contributed by atoms with van der Waals surface area (Å²) in [6.07, 6.45) is 6.26. The lowest BCUT2D eigenvalue weighted by Gasteiger charge is -2.30. The van der Waals surface area contributed by atoms with Crippen molar-refractivity contribution in [2.45, 2.75) is 64.5 Å². The van der Waals surface area contributed by atoms with Crippen LogP contribution in [0.1, 0.15) is 52.9 Å². The summed E-state index contributed by atoms with van der Waals surface area (Å²) in [7, 11) is 0. The Kier molecular flexibility index (Phi) is 6.45. The van der Waals surface area contributed by atoms with Crippen LogP contribution >= 0.6 is 0 Å². The van der Waals surface area contributed by atoms with Crippen molar-refractivity contribution < 1.29 is 5.11 Å². The van der Waals surface area contributed by atoms with Gasteiger partial charge in [0.05, 0.1) is 6.61 Å². The maximum Gasteiger partial charge on any atom is 0.0610 e. The Morgan fingerprint density at radius 1 is 1.41 bits per heavy atom. The lowest BCUT2D eigenvalue weighted by molar-refractivity contribution is 0.156. The van der Waals surface area contributed by atoms with Gasteiger partial charge in [0.15, 0.2) is 0 Å². The number of nitrogens with zero attached hydrogens (tertiary/aromatic N) is 1. The first-order valence-corrected chi connectivity index (χ1v) is 7.25. The molecule has 3 nitrogen and oxygen atoms in total. The fourth-order valence-electron chi connectivity index (χ4n) is 2.97. The zero-order valence-electron chi connectivity index (χ0n) is 11.8. The number of hydrogen-bond donors (Lipinski definition) is 2. The molecule has 0 aromatic carbocycles. The standard InChI is InChI=1S/C14H30N2O/c1-4-13-8-6-10-16(13)11-7-9-14(3,12-17)15-5-2/h13,15,17H,4-12H2,1-3H3. The number of rotatable bonds is 8. The van der Waals surface area contributed by atoms with E-state index in [2.05, 4.69) is 31.0 Å². The van der Waals surface area contributed by atoms with Crippen LogP contribution in [0, 0.1) is 0 Å². The Morgan fingerprint density at radius 3 is 2.76 bits per heavy atom. The van der Waals surface area contributed by atoms with Gasteiger partial charge >= 0.3 is 0 Å². The molecule has 1 saturated heterocycles. The van der Waals surface area contributed by atoms with Gasteiger partial charge in [-0.15, -0.1) is 0 Å². The first-order valence-electron chi connectivity index (χ1n) is 7.25. The monoisotopic (exact) mass is 242 g/mol. The highest BCUT2D eigenvalue weighted by Crippen LogP contribution is 2.21. The zero-order chi connectivity index (χ0) is 12.7. The van der Waals surface area contributed by atoms with Gasteiger partial charge in [-0.25, -0.2) is 0 Å². The second-order valence-corrected chi connectivity index (χ2v) is 5.59. The number of aliphatic hydroxyl groups is 1. The molecule has 0 aromatic heterocycles. The molecule has 0 amide bonds. The Labute approximate surface area is 107 Å². The van der Waals surface area contributed by atoms with Crippen LogP contribution in [0.2, 0.25) is 0 Å². The molecule has 0 spiro atoms. The quantitative estimate of drug-likeness (QED) is 0.683. The number of aliphatic hydroxyl groups excluding tert-OH is 1. The third-order valence-corrected chi connectivity index (χ3v) is 4.10. The molecule has 0 bridgehead atoms. The van der Waals surface area contributed by atoms with E-state index in [1.165, 1.54) is 38.8 Å². The van der Waals surface area contributed by atoms with Crippen LogP contribution in [-0.4, -0.2) is 47.8 Å². The summed E-state index contributed by atoms with van der Waals surface area (Å²) in [5, 5.41) is 12.8. The molecule has 1 heterocycles. The Bertz CT molecular complexity index is 210. The lowest BCUT2D eigenvalue weighted by atomic mass is 9.96. The van der Waals surface area contributed by atoms with Crippen molar-refractivity contribution in [1.82, 2.24) is 10.2 Å². The molecule has 0 saturated carbocycles. The summed E-state index contributed by atoms with van der Waals surface area (Å²) in [5.41, 5.74) is -0.0871. The highest BCUT2D eigenvalue weighted by Gasteiger charge is 2.25. The summed E-state index contributed by atoms with van der Waals surface area (Å²) in [5.74, 6) is 0. The van der Waals surface area contributed by atoms with Crippen molar-refractivity contribution in [3.8, 4) is 0 Å². The summed E-state index contributed by atoms with van der Waals surface area (Å²) in [6, 6.07) is 0.814. The van der Waals surface area contributed by atoms with E-state index in [1.807, 2.05) is 0 Å². The molecule has 1 rings (SSSR count). The summed E-state index contributed by atoms with van der Waals surface area (Å²) in [6.45, 7) is 10.1. The predicted molar refractivity (Wildman–Crippen MR) is 73.3 cm³/mol. The van der Waals surface area contributed by atoms with E-state index in [1.54, 1.807) is 0 Å². The minimum atomic E-state index is -0.0871. The van der Waals surface area contributed by atoms with Crippen molar-refractivity contribution in [1.29, 1.82) is 0 Å². The van der Waals surface area contributed by atoms with Crippen molar-refractivity contribution in [3.05, 3.63) is 0 Å². The lowest BCUT2D eigenvalue weighted by Crippen LogP contribution is -2.46. The topological polar surface area (TPSA) is 35.5 Å². The third kappa shape index (κ3) is 4.57. The van der Waals surface area contributed by atoms with E-state index < -0.39 is 0 Å². The molecule has 3 heteroatoms. The third-order valence-electron chi connectivity index (χ3n) is 4.10. The van der Waals surface area contributed by atoms with Gasteiger partial charge < -0.3 is 15.3 Å². The van der Waals surface area contributed by atoms with Crippen LogP contribution in [0.25, 0.3) is 0 Å². The number of nitrogens with one attached hydrogen (secondary N) is 1. The average molecular weight is 242 g/mol. The van der Waals surface area contributed by atoms with E-state index in [0.29, 0.717) is 0 Å². The number of hydrogen-bond acceptors (Lipinski definition) is 3. The summed E-state index contributed by atoms with van der Waals surface area (Å²) < 4.78 is 0. The largest absolute Gasteiger partial charge is 0.394 e. The maximum absolute atomic E-state index is 9.43. The van der Waals surface area contributed by atoms with Crippen LogP contribution in [-0.2, 0) is 0 Å². The molecule has 0 radical (unpaired) electrons. The number of likely N-dealkylation sites (tertiary alicyclic amines) is 1. The highest BCUT2D eigenvalue weighted by atomic mass is 16.3. The Hall–Kier alpha value is -0.120. The second-order valence-electron chi connectivity index (χ2n) is 5.59. The smallest absolute Gasteiger partial charge is 0.0610 e. The molecule has 0 aromatic rings. The SMILES string of the molecule is CCNC(C)(CO)CCCN1CCCC1CC. The van der Waals surface area contributed by atoms with Gasteiger partial charge in [0, 0.05) is 11.6 Å². The fourth-order valence-corrected chi connectivity index (χ4v) is 2.97. The predicted octanol–water partition coefficient (Wildman–Crippen LogP) is 2.00. The van der Waals surface area contributed by atoms with Gasteiger partial charge in [-0.1, -0.05) is 13.8 Å². The van der Waals surface area contributed by atoms with Crippen LogP contribution in [0.5, 0.6) is 0 Å². The molecule has 0 aliphatic carbocycles. The molecule has 1 fully saturated rings. The minimum absolute atomic E-state index is 0.0871. The van der Waals surface area contributed by atoms with Gasteiger partial charge in [0.1, 0.15) is 0 Å². The van der Waals surface area contributed by atoms with E-state index in [9.17, 15) is 5.11 Å². The van der Waals surface area contributed by atoms with Gasteiger partial charge in [0.25, 0.3) is 0 Å². The van der Waals surface area contributed by atoms with Crippen molar-refractivity contribution in [2.75, 3.05) is 26.2 Å². The molecule has 2 unspecified atom stereocenters. The molecular formula is C14H30N2O. The summed E-state index contributed by atoms with van der Waals surface area (Å²) in [4.78, 5) is 2.63. The molecule has 2 atom stereocenters. The zero-order valence-corrected chi connectivity index (χ0v) is 11.8. The Balaban J connectivity index is 2.26.